The number of nitrogens with one attached hydrogen (secondary N) is 1. The van der Waals surface area contributed by atoms with Gasteiger partial charge in [-0.3, -0.25) is 0 Å². The van der Waals surface area contributed by atoms with E-state index in [2.05, 4.69) is 12.2 Å². The first-order valence-corrected chi connectivity index (χ1v) is 6.64. The molecule has 104 valence electrons. The standard InChI is InChI=1S/C13H29NO3/c1-4-8-14-13(12-16-3)7-5-6-9-17-11-10-15-2/h13-14H,4-12H2,1-3H3. The van der Waals surface area contributed by atoms with Gasteiger partial charge in [0, 0.05) is 26.9 Å². The number of hydrogen-bond acceptors (Lipinski definition) is 4. The smallest absolute Gasteiger partial charge is 0.0700 e. The van der Waals surface area contributed by atoms with Gasteiger partial charge in [0.1, 0.15) is 0 Å². The normalized spacial score (nSPS) is 12.9. The second-order valence-corrected chi connectivity index (χ2v) is 4.21. The van der Waals surface area contributed by atoms with Crippen LogP contribution < -0.4 is 5.32 Å². The third kappa shape index (κ3) is 12.1. The summed E-state index contributed by atoms with van der Waals surface area (Å²) < 4.78 is 15.5. The lowest BCUT2D eigenvalue weighted by atomic mass is 10.1. The molecule has 0 aliphatic carbocycles. The van der Waals surface area contributed by atoms with Crippen molar-refractivity contribution in [3.8, 4) is 0 Å². The molecule has 1 atom stereocenters. The Balaban J connectivity index is 3.34. The summed E-state index contributed by atoms with van der Waals surface area (Å²) in [5, 5.41) is 3.50. The van der Waals surface area contributed by atoms with Gasteiger partial charge in [-0.15, -0.1) is 0 Å². The van der Waals surface area contributed by atoms with E-state index < -0.39 is 0 Å². The van der Waals surface area contributed by atoms with Crippen LogP contribution >= 0.6 is 0 Å². The van der Waals surface area contributed by atoms with Gasteiger partial charge in [-0.25, -0.2) is 0 Å². The highest BCUT2D eigenvalue weighted by molar-refractivity contribution is 4.65. The molecule has 17 heavy (non-hydrogen) atoms. The number of methoxy groups -OCH3 is 2. The summed E-state index contributed by atoms with van der Waals surface area (Å²) >= 11 is 0. The summed E-state index contributed by atoms with van der Waals surface area (Å²) in [4.78, 5) is 0. The SMILES string of the molecule is CCCNC(CCCCOCCOC)COC. The lowest BCUT2D eigenvalue weighted by Crippen LogP contribution is -2.33. The first-order valence-electron chi connectivity index (χ1n) is 6.64. The van der Waals surface area contributed by atoms with Crippen LogP contribution in [-0.4, -0.2) is 53.2 Å². The molecule has 0 amide bonds. The van der Waals surface area contributed by atoms with Gasteiger partial charge in [-0.2, -0.15) is 0 Å². The van der Waals surface area contributed by atoms with Crippen LogP contribution in [0.15, 0.2) is 0 Å². The minimum atomic E-state index is 0.485. The highest BCUT2D eigenvalue weighted by Crippen LogP contribution is 2.02. The fourth-order valence-corrected chi connectivity index (χ4v) is 1.63. The molecule has 1 N–H and O–H groups in total. The molecule has 0 aliphatic rings. The first-order chi connectivity index (χ1) is 8.35. The van der Waals surface area contributed by atoms with Crippen molar-refractivity contribution >= 4 is 0 Å². The van der Waals surface area contributed by atoms with E-state index in [1.165, 1.54) is 12.8 Å². The maximum Gasteiger partial charge on any atom is 0.0700 e. The van der Waals surface area contributed by atoms with E-state index in [9.17, 15) is 0 Å². The van der Waals surface area contributed by atoms with Crippen LogP contribution in [0.1, 0.15) is 32.6 Å². The minimum Gasteiger partial charge on any atom is -0.383 e. The third-order valence-corrected chi connectivity index (χ3v) is 2.57. The molecule has 0 aromatic heterocycles. The molecular formula is C13H29NO3. The van der Waals surface area contributed by atoms with E-state index in [1.807, 2.05) is 0 Å². The largest absolute Gasteiger partial charge is 0.383 e. The fourth-order valence-electron chi connectivity index (χ4n) is 1.63. The Hall–Kier alpha value is -0.160. The van der Waals surface area contributed by atoms with Crippen LogP contribution in [0, 0.1) is 0 Å². The van der Waals surface area contributed by atoms with Gasteiger partial charge in [0.25, 0.3) is 0 Å². The summed E-state index contributed by atoms with van der Waals surface area (Å²) in [5.74, 6) is 0. The van der Waals surface area contributed by atoms with E-state index in [4.69, 9.17) is 14.2 Å². The minimum absolute atomic E-state index is 0.485. The van der Waals surface area contributed by atoms with E-state index >= 15 is 0 Å². The van der Waals surface area contributed by atoms with E-state index in [0.717, 1.165) is 32.6 Å². The molecule has 0 fully saturated rings. The van der Waals surface area contributed by atoms with Crippen molar-refractivity contribution in [1.82, 2.24) is 5.32 Å². The van der Waals surface area contributed by atoms with Crippen molar-refractivity contribution in [2.24, 2.45) is 0 Å². The highest BCUT2D eigenvalue weighted by atomic mass is 16.5. The molecule has 0 heterocycles. The molecule has 0 aromatic rings. The molecule has 0 spiro atoms. The Labute approximate surface area is 106 Å². The van der Waals surface area contributed by atoms with Crippen LogP contribution in [0.2, 0.25) is 0 Å². The second kappa shape index (κ2) is 13.9. The predicted molar refractivity (Wildman–Crippen MR) is 70.5 cm³/mol. The van der Waals surface area contributed by atoms with Gasteiger partial charge in [0.05, 0.1) is 19.8 Å². The van der Waals surface area contributed by atoms with Crippen LogP contribution in [0.4, 0.5) is 0 Å². The lowest BCUT2D eigenvalue weighted by molar-refractivity contribution is 0.0678. The topological polar surface area (TPSA) is 39.7 Å². The zero-order chi connectivity index (χ0) is 12.8. The summed E-state index contributed by atoms with van der Waals surface area (Å²) in [5.41, 5.74) is 0. The second-order valence-electron chi connectivity index (χ2n) is 4.21. The van der Waals surface area contributed by atoms with Gasteiger partial charge in [0.2, 0.25) is 0 Å². The molecule has 0 saturated heterocycles. The number of unbranched alkanes of at least 4 members (excludes halogenated alkanes) is 1. The molecule has 0 radical (unpaired) electrons. The molecule has 0 rings (SSSR count). The molecule has 1 unspecified atom stereocenters. The highest BCUT2D eigenvalue weighted by Gasteiger charge is 2.06. The van der Waals surface area contributed by atoms with Crippen LogP contribution in [0.3, 0.4) is 0 Å². The number of rotatable bonds is 13. The summed E-state index contributed by atoms with van der Waals surface area (Å²) in [7, 11) is 3.45. The Morgan fingerprint density at radius 3 is 2.47 bits per heavy atom. The van der Waals surface area contributed by atoms with Crippen LogP contribution in [0.25, 0.3) is 0 Å². The fraction of sp³-hybridized carbons (Fsp3) is 1.00. The van der Waals surface area contributed by atoms with Crippen molar-refractivity contribution in [2.75, 3.05) is 47.2 Å². The Morgan fingerprint density at radius 1 is 1.00 bits per heavy atom. The molecule has 0 aliphatic heterocycles. The maximum absolute atomic E-state index is 5.42. The maximum atomic E-state index is 5.42. The van der Waals surface area contributed by atoms with Crippen molar-refractivity contribution in [3.63, 3.8) is 0 Å². The molecule has 4 heteroatoms. The molecule has 0 aromatic carbocycles. The average Bonchev–Trinajstić information content (AvgIpc) is 2.34. The van der Waals surface area contributed by atoms with Crippen molar-refractivity contribution in [2.45, 2.75) is 38.6 Å². The van der Waals surface area contributed by atoms with Crippen molar-refractivity contribution in [1.29, 1.82) is 0 Å². The summed E-state index contributed by atoms with van der Waals surface area (Å²) in [6, 6.07) is 0.485. The molecular weight excluding hydrogens is 218 g/mol. The predicted octanol–water partition coefficient (Wildman–Crippen LogP) is 1.83. The number of ether oxygens (including phenoxy) is 3. The lowest BCUT2D eigenvalue weighted by Gasteiger charge is -2.17. The molecule has 4 nitrogen and oxygen atoms in total. The third-order valence-electron chi connectivity index (χ3n) is 2.57. The zero-order valence-corrected chi connectivity index (χ0v) is 11.7. The van der Waals surface area contributed by atoms with E-state index in [-0.39, 0.29) is 0 Å². The quantitative estimate of drug-likeness (QED) is 0.504. The average molecular weight is 247 g/mol. The van der Waals surface area contributed by atoms with Crippen molar-refractivity contribution in [3.05, 3.63) is 0 Å². The van der Waals surface area contributed by atoms with Gasteiger partial charge >= 0.3 is 0 Å². The summed E-state index contributed by atoms with van der Waals surface area (Å²) in [6.07, 6.45) is 4.61. The van der Waals surface area contributed by atoms with E-state index in [1.54, 1.807) is 14.2 Å². The summed E-state index contributed by atoms with van der Waals surface area (Å²) in [6.45, 7) is 6.26. The van der Waals surface area contributed by atoms with Crippen LogP contribution in [0.5, 0.6) is 0 Å². The Kier molecular flexibility index (Phi) is 13.8. The number of hydrogen-bond donors (Lipinski definition) is 1. The van der Waals surface area contributed by atoms with Gasteiger partial charge in [0.15, 0.2) is 0 Å². The first kappa shape index (κ1) is 16.8. The van der Waals surface area contributed by atoms with Gasteiger partial charge < -0.3 is 19.5 Å². The van der Waals surface area contributed by atoms with Gasteiger partial charge in [-0.05, 0) is 32.2 Å². The van der Waals surface area contributed by atoms with Gasteiger partial charge in [-0.1, -0.05) is 6.92 Å². The molecule has 0 bridgehead atoms. The Bertz CT molecular complexity index is 145. The zero-order valence-electron chi connectivity index (χ0n) is 11.7. The van der Waals surface area contributed by atoms with Crippen molar-refractivity contribution < 1.29 is 14.2 Å². The Morgan fingerprint density at radius 2 is 1.82 bits per heavy atom. The van der Waals surface area contributed by atoms with E-state index in [0.29, 0.717) is 19.3 Å². The van der Waals surface area contributed by atoms with Crippen LogP contribution in [-0.2, 0) is 14.2 Å². The molecule has 0 saturated carbocycles. The monoisotopic (exact) mass is 247 g/mol.